The van der Waals surface area contributed by atoms with Crippen LogP contribution in [0, 0.1) is 0 Å². The molecule has 5 nitrogen and oxygen atoms in total. The molecule has 0 fully saturated rings. The highest BCUT2D eigenvalue weighted by Crippen LogP contribution is 2.22. The number of amides is 1. The van der Waals surface area contributed by atoms with Crippen molar-refractivity contribution in [3.05, 3.63) is 78.0 Å². The maximum Gasteiger partial charge on any atom is 0.255 e. The Morgan fingerprint density at radius 1 is 1.04 bits per heavy atom. The predicted octanol–water partition coefficient (Wildman–Crippen LogP) is 3.28. The molecule has 0 aliphatic carbocycles. The Kier molecular flexibility index (Phi) is 6.39. The Labute approximate surface area is 160 Å². The summed E-state index contributed by atoms with van der Waals surface area (Å²) in [5.41, 5.74) is 3.43. The van der Waals surface area contributed by atoms with E-state index in [0.29, 0.717) is 18.7 Å². The van der Waals surface area contributed by atoms with Crippen molar-refractivity contribution in [1.29, 1.82) is 0 Å². The quantitative estimate of drug-likeness (QED) is 0.626. The maximum atomic E-state index is 12.8. The van der Waals surface area contributed by atoms with Crippen LogP contribution in [-0.4, -0.2) is 47.8 Å². The standard InChI is InChI=1S/C22H26N4O/c1-25(2)15-9-14-23-22(27)20-17-26(16-18-10-5-3-6-11-18)24-21(20)19-12-7-4-8-13-19/h3-8,10-13,17H,9,14-16H2,1-2H3,(H,23,27). The number of hydrogen-bond acceptors (Lipinski definition) is 3. The molecule has 1 amide bonds. The number of benzene rings is 2. The average molecular weight is 362 g/mol. The van der Waals surface area contributed by atoms with Crippen molar-refractivity contribution in [3.8, 4) is 11.3 Å². The maximum absolute atomic E-state index is 12.8. The zero-order valence-corrected chi connectivity index (χ0v) is 15.9. The van der Waals surface area contributed by atoms with E-state index in [0.717, 1.165) is 29.8 Å². The van der Waals surface area contributed by atoms with Gasteiger partial charge in [0.2, 0.25) is 0 Å². The molecule has 0 radical (unpaired) electrons. The van der Waals surface area contributed by atoms with Crippen molar-refractivity contribution in [3.63, 3.8) is 0 Å². The SMILES string of the molecule is CN(C)CCCNC(=O)c1cn(Cc2ccccc2)nc1-c1ccccc1. The van der Waals surface area contributed by atoms with Crippen molar-refractivity contribution in [2.75, 3.05) is 27.2 Å². The molecule has 0 spiro atoms. The van der Waals surface area contributed by atoms with Crippen LogP contribution in [0.1, 0.15) is 22.3 Å². The Hall–Kier alpha value is -2.92. The molecule has 0 aliphatic heterocycles. The summed E-state index contributed by atoms with van der Waals surface area (Å²) in [6.45, 7) is 2.22. The van der Waals surface area contributed by atoms with Crippen LogP contribution in [-0.2, 0) is 6.54 Å². The second-order valence-electron chi connectivity index (χ2n) is 6.85. The summed E-state index contributed by atoms with van der Waals surface area (Å²) in [7, 11) is 4.06. The third-order valence-electron chi connectivity index (χ3n) is 4.31. The van der Waals surface area contributed by atoms with Gasteiger partial charge in [-0.15, -0.1) is 0 Å². The van der Waals surface area contributed by atoms with E-state index in [1.165, 1.54) is 0 Å². The van der Waals surface area contributed by atoms with E-state index >= 15 is 0 Å². The van der Waals surface area contributed by atoms with Gasteiger partial charge >= 0.3 is 0 Å². The van der Waals surface area contributed by atoms with Gasteiger partial charge in [-0.05, 0) is 32.6 Å². The minimum Gasteiger partial charge on any atom is -0.352 e. The number of aromatic nitrogens is 2. The van der Waals surface area contributed by atoms with Crippen LogP contribution in [0.25, 0.3) is 11.3 Å². The Bertz CT molecular complexity index is 857. The highest BCUT2D eigenvalue weighted by Gasteiger charge is 2.17. The van der Waals surface area contributed by atoms with E-state index in [2.05, 4.69) is 22.3 Å². The molecule has 27 heavy (non-hydrogen) atoms. The van der Waals surface area contributed by atoms with Gasteiger partial charge in [0.1, 0.15) is 5.69 Å². The van der Waals surface area contributed by atoms with E-state index < -0.39 is 0 Å². The molecule has 1 heterocycles. The lowest BCUT2D eigenvalue weighted by molar-refractivity contribution is 0.0953. The van der Waals surface area contributed by atoms with Gasteiger partial charge in [0.05, 0.1) is 12.1 Å². The van der Waals surface area contributed by atoms with Crippen LogP contribution in [0.2, 0.25) is 0 Å². The van der Waals surface area contributed by atoms with E-state index in [1.807, 2.05) is 73.5 Å². The van der Waals surface area contributed by atoms with Gasteiger partial charge in [0.15, 0.2) is 0 Å². The molecule has 0 saturated carbocycles. The monoisotopic (exact) mass is 362 g/mol. The van der Waals surface area contributed by atoms with Crippen molar-refractivity contribution in [2.45, 2.75) is 13.0 Å². The summed E-state index contributed by atoms with van der Waals surface area (Å²) >= 11 is 0. The van der Waals surface area contributed by atoms with E-state index in [1.54, 1.807) is 0 Å². The first-order valence-corrected chi connectivity index (χ1v) is 9.23. The van der Waals surface area contributed by atoms with Crippen molar-refractivity contribution in [1.82, 2.24) is 20.0 Å². The third-order valence-corrected chi connectivity index (χ3v) is 4.31. The van der Waals surface area contributed by atoms with Gasteiger partial charge in [0.25, 0.3) is 5.91 Å². The summed E-state index contributed by atoms with van der Waals surface area (Å²) in [5.74, 6) is -0.0769. The van der Waals surface area contributed by atoms with E-state index in [9.17, 15) is 4.79 Å². The van der Waals surface area contributed by atoms with E-state index in [-0.39, 0.29) is 5.91 Å². The van der Waals surface area contributed by atoms with Crippen LogP contribution in [0.4, 0.5) is 0 Å². The number of carbonyl (C=O) groups is 1. The van der Waals surface area contributed by atoms with Gasteiger partial charge < -0.3 is 10.2 Å². The molecule has 0 saturated heterocycles. The zero-order chi connectivity index (χ0) is 19.1. The first-order chi connectivity index (χ1) is 13.1. The van der Waals surface area contributed by atoms with Gasteiger partial charge in [0, 0.05) is 18.3 Å². The largest absolute Gasteiger partial charge is 0.352 e. The number of carbonyl (C=O) groups excluding carboxylic acids is 1. The average Bonchev–Trinajstić information content (AvgIpc) is 3.10. The van der Waals surface area contributed by atoms with Gasteiger partial charge in [-0.25, -0.2) is 0 Å². The Morgan fingerprint density at radius 2 is 1.70 bits per heavy atom. The predicted molar refractivity (Wildman–Crippen MR) is 109 cm³/mol. The van der Waals surface area contributed by atoms with Gasteiger partial charge in [-0.2, -0.15) is 5.10 Å². The summed E-state index contributed by atoms with van der Waals surface area (Å²) in [5, 5.41) is 7.72. The van der Waals surface area contributed by atoms with Crippen molar-refractivity contribution in [2.24, 2.45) is 0 Å². The topological polar surface area (TPSA) is 50.2 Å². The zero-order valence-electron chi connectivity index (χ0n) is 15.9. The lowest BCUT2D eigenvalue weighted by atomic mass is 10.1. The van der Waals surface area contributed by atoms with Crippen LogP contribution < -0.4 is 5.32 Å². The summed E-state index contributed by atoms with van der Waals surface area (Å²) in [6, 6.07) is 20.0. The molecular formula is C22H26N4O. The molecule has 2 aromatic carbocycles. The lowest BCUT2D eigenvalue weighted by Crippen LogP contribution is -2.27. The van der Waals surface area contributed by atoms with E-state index in [4.69, 9.17) is 5.10 Å². The molecule has 1 aromatic heterocycles. The fraction of sp³-hybridized carbons (Fsp3) is 0.273. The minimum absolute atomic E-state index is 0.0769. The highest BCUT2D eigenvalue weighted by atomic mass is 16.1. The third kappa shape index (κ3) is 5.28. The van der Waals surface area contributed by atoms with Crippen LogP contribution in [0.15, 0.2) is 66.9 Å². The van der Waals surface area contributed by atoms with Crippen LogP contribution in [0.3, 0.4) is 0 Å². The molecular weight excluding hydrogens is 336 g/mol. The molecule has 3 rings (SSSR count). The number of nitrogens with zero attached hydrogens (tertiary/aromatic N) is 3. The fourth-order valence-corrected chi connectivity index (χ4v) is 2.94. The van der Waals surface area contributed by atoms with Gasteiger partial charge in [-0.3, -0.25) is 9.48 Å². The first-order valence-electron chi connectivity index (χ1n) is 9.23. The van der Waals surface area contributed by atoms with Crippen LogP contribution in [0.5, 0.6) is 0 Å². The lowest BCUT2D eigenvalue weighted by Gasteiger charge is -2.09. The normalized spacial score (nSPS) is 10.9. The fourth-order valence-electron chi connectivity index (χ4n) is 2.94. The second-order valence-corrected chi connectivity index (χ2v) is 6.85. The minimum atomic E-state index is -0.0769. The molecule has 0 bridgehead atoms. The van der Waals surface area contributed by atoms with Gasteiger partial charge in [-0.1, -0.05) is 60.7 Å². The summed E-state index contributed by atoms with van der Waals surface area (Å²) in [6.07, 6.45) is 2.76. The van der Waals surface area contributed by atoms with Crippen molar-refractivity contribution < 1.29 is 4.79 Å². The molecule has 3 aromatic rings. The first kappa shape index (κ1) is 18.9. The summed E-state index contributed by atoms with van der Waals surface area (Å²) in [4.78, 5) is 14.9. The molecule has 1 N–H and O–H groups in total. The highest BCUT2D eigenvalue weighted by molar-refractivity contribution is 5.99. The number of hydrogen-bond donors (Lipinski definition) is 1. The Balaban J connectivity index is 1.81. The molecule has 0 aliphatic rings. The number of rotatable bonds is 8. The number of nitrogens with one attached hydrogen (secondary N) is 1. The second kappa shape index (κ2) is 9.14. The van der Waals surface area contributed by atoms with Crippen molar-refractivity contribution >= 4 is 5.91 Å². The van der Waals surface area contributed by atoms with Crippen LogP contribution >= 0.6 is 0 Å². The molecule has 0 atom stereocenters. The molecule has 5 heteroatoms. The molecule has 140 valence electrons. The Morgan fingerprint density at radius 3 is 2.37 bits per heavy atom. The molecule has 0 unspecified atom stereocenters. The summed E-state index contributed by atoms with van der Waals surface area (Å²) < 4.78 is 1.84. The smallest absolute Gasteiger partial charge is 0.255 e.